The largest absolute Gasteiger partial charge is 0.265 e. The van der Waals surface area contributed by atoms with Crippen molar-refractivity contribution in [2.75, 3.05) is 0 Å². The van der Waals surface area contributed by atoms with E-state index in [9.17, 15) is 0 Å². The summed E-state index contributed by atoms with van der Waals surface area (Å²) in [5.41, 5.74) is 4.16. The number of fused-ring (bicyclic) bond motifs is 1. The van der Waals surface area contributed by atoms with Crippen LogP contribution < -0.4 is 0 Å². The summed E-state index contributed by atoms with van der Waals surface area (Å²) in [7, 11) is 0. The molecule has 17 heavy (non-hydrogen) atoms. The molecule has 1 aliphatic carbocycles. The molecule has 0 saturated heterocycles. The van der Waals surface area contributed by atoms with Crippen LogP contribution in [0.4, 0.5) is 0 Å². The molecule has 86 valence electrons. The highest BCUT2D eigenvalue weighted by molar-refractivity contribution is 6.21. The van der Waals surface area contributed by atoms with Crippen molar-refractivity contribution in [2.24, 2.45) is 0 Å². The lowest BCUT2D eigenvalue weighted by molar-refractivity contribution is 0.567. The van der Waals surface area contributed by atoms with Crippen molar-refractivity contribution in [2.45, 2.75) is 24.1 Å². The van der Waals surface area contributed by atoms with Crippen LogP contribution in [0.5, 0.6) is 0 Å². The fourth-order valence-electron chi connectivity index (χ4n) is 2.51. The van der Waals surface area contributed by atoms with Gasteiger partial charge in [0, 0.05) is 23.7 Å². The minimum atomic E-state index is 0.187. The van der Waals surface area contributed by atoms with E-state index in [2.05, 4.69) is 29.2 Å². The third-order valence-electron chi connectivity index (χ3n) is 3.51. The lowest BCUT2D eigenvalue weighted by Gasteiger charge is -2.33. The number of benzene rings is 1. The Balaban J connectivity index is 1.72. The number of halogens is 1. The van der Waals surface area contributed by atoms with Crippen LogP contribution in [0.2, 0.25) is 0 Å². The van der Waals surface area contributed by atoms with Gasteiger partial charge in [0.15, 0.2) is 0 Å². The molecular formula is C15H14ClN. The zero-order valence-electron chi connectivity index (χ0n) is 9.51. The fraction of sp³-hybridized carbons (Fsp3) is 0.267. The summed E-state index contributed by atoms with van der Waals surface area (Å²) in [5, 5.41) is 0.187. The van der Waals surface area contributed by atoms with Crippen molar-refractivity contribution in [1.29, 1.82) is 0 Å². The summed E-state index contributed by atoms with van der Waals surface area (Å²) in [6, 6.07) is 12.7. The lowest BCUT2D eigenvalue weighted by Crippen LogP contribution is -2.26. The van der Waals surface area contributed by atoms with Crippen molar-refractivity contribution in [3.8, 4) is 0 Å². The van der Waals surface area contributed by atoms with Crippen LogP contribution in [0.15, 0.2) is 48.8 Å². The Morgan fingerprint density at radius 1 is 1.18 bits per heavy atom. The molecule has 0 aliphatic heterocycles. The van der Waals surface area contributed by atoms with Gasteiger partial charge in [0.1, 0.15) is 0 Å². The summed E-state index contributed by atoms with van der Waals surface area (Å²) in [6.07, 6.45) is 5.69. The first-order valence-corrected chi connectivity index (χ1v) is 6.39. The fourth-order valence-corrected chi connectivity index (χ4v) is 2.91. The summed E-state index contributed by atoms with van der Waals surface area (Å²) >= 11 is 6.52. The van der Waals surface area contributed by atoms with Gasteiger partial charge in [-0.15, -0.1) is 11.6 Å². The van der Waals surface area contributed by atoms with E-state index in [1.54, 1.807) is 0 Å². The average Bonchev–Trinajstić information content (AvgIpc) is 2.32. The molecule has 2 heteroatoms. The molecule has 2 unspecified atom stereocenters. The first-order chi connectivity index (χ1) is 8.34. The van der Waals surface area contributed by atoms with Crippen molar-refractivity contribution < 1.29 is 0 Å². The molecule has 0 bridgehead atoms. The molecule has 1 aromatic carbocycles. The van der Waals surface area contributed by atoms with Crippen LogP contribution in [-0.2, 0) is 12.8 Å². The van der Waals surface area contributed by atoms with Crippen molar-refractivity contribution >= 4 is 11.6 Å². The van der Waals surface area contributed by atoms with Gasteiger partial charge in [-0.05, 0) is 41.7 Å². The van der Waals surface area contributed by atoms with Crippen molar-refractivity contribution in [1.82, 2.24) is 4.98 Å². The topological polar surface area (TPSA) is 12.9 Å². The molecule has 3 rings (SSSR count). The van der Waals surface area contributed by atoms with Gasteiger partial charge in [-0.1, -0.05) is 24.3 Å². The SMILES string of the molecule is ClC(Cc1ccncc1)C1Cc2ccccc21. The van der Waals surface area contributed by atoms with Crippen LogP contribution >= 0.6 is 11.6 Å². The highest BCUT2D eigenvalue weighted by Crippen LogP contribution is 2.40. The van der Waals surface area contributed by atoms with Crippen LogP contribution in [0, 0.1) is 0 Å². The molecule has 1 aliphatic rings. The predicted molar refractivity (Wildman–Crippen MR) is 70.5 cm³/mol. The Kier molecular flexibility index (Phi) is 2.86. The minimum absolute atomic E-state index is 0.187. The molecule has 2 atom stereocenters. The van der Waals surface area contributed by atoms with E-state index in [4.69, 9.17) is 11.6 Å². The summed E-state index contributed by atoms with van der Waals surface area (Å²) in [4.78, 5) is 4.02. The Labute approximate surface area is 106 Å². The number of rotatable bonds is 3. The molecule has 2 aromatic rings. The van der Waals surface area contributed by atoms with Crippen molar-refractivity contribution in [3.05, 3.63) is 65.5 Å². The maximum absolute atomic E-state index is 6.52. The lowest BCUT2D eigenvalue weighted by atomic mass is 9.74. The van der Waals surface area contributed by atoms with Gasteiger partial charge in [-0.25, -0.2) is 0 Å². The van der Waals surface area contributed by atoms with Gasteiger partial charge in [0.25, 0.3) is 0 Å². The smallest absolute Gasteiger partial charge is 0.0448 e. The second kappa shape index (κ2) is 4.50. The highest BCUT2D eigenvalue weighted by Gasteiger charge is 2.31. The molecule has 0 spiro atoms. The number of aromatic nitrogens is 1. The third kappa shape index (κ3) is 2.07. The van der Waals surface area contributed by atoms with Gasteiger partial charge >= 0.3 is 0 Å². The average molecular weight is 244 g/mol. The monoisotopic (exact) mass is 243 g/mol. The van der Waals surface area contributed by atoms with Gasteiger partial charge in [-0.2, -0.15) is 0 Å². The zero-order valence-corrected chi connectivity index (χ0v) is 10.3. The number of hydrogen-bond donors (Lipinski definition) is 0. The van der Waals surface area contributed by atoms with E-state index < -0.39 is 0 Å². The maximum Gasteiger partial charge on any atom is 0.0448 e. The molecule has 0 saturated carbocycles. The van der Waals surface area contributed by atoms with Gasteiger partial charge < -0.3 is 0 Å². The van der Waals surface area contributed by atoms with Crippen LogP contribution in [0.1, 0.15) is 22.6 Å². The molecule has 1 nitrogen and oxygen atoms in total. The molecule has 1 aromatic heterocycles. The summed E-state index contributed by atoms with van der Waals surface area (Å²) in [5.74, 6) is 0.515. The second-order valence-electron chi connectivity index (χ2n) is 4.59. The molecule has 0 radical (unpaired) electrons. The first-order valence-electron chi connectivity index (χ1n) is 5.95. The van der Waals surface area contributed by atoms with Gasteiger partial charge in [-0.3, -0.25) is 4.98 Å². The van der Waals surface area contributed by atoms with Gasteiger partial charge in [0.2, 0.25) is 0 Å². The molecule has 0 amide bonds. The van der Waals surface area contributed by atoms with Crippen molar-refractivity contribution in [3.63, 3.8) is 0 Å². The summed E-state index contributed by atoms with van der Waals surface area (Å²) < 4.78 is 0. The Morgan fingerprint density at radius 2 is 1.94 bits per heavy atom. The van der Waals surface area contributed by atoms with Crippen LogP contribution in [-0.4, -0.2) is 10.4 Å². The van der Waals surface area contributed by atoms with E-state index in [1.165, 1.54) is 16.7 Å². The number of alkyl halides is 1. The molecular weight excluding hydrogens is 230 g/mol. The molecule has 0 N–H and O–H groups in total. The third-order valence-corrected chi connectivity index (χ3v) is 3.97. The highest BCUT2D eigenvalue weighted by atomic mass is 35.5. The van der Waals surface area contributed by atoms with E-state index in [1.807, 2.05) is 24.5 Å². The Hall–Kier alpha value is -1.34. The number of pyridine rings is 1. The van der Waals surface area contributed by atoms with Gasteiger partial charge in [0.05, 0.1) is 0 Å². The maximum atomic E-state index is 6.52. The van der Waals surface area contributed by atoms with Crippen LogP contribution in [0.3, 0.4) is 0 Å². The van der Waals surface area contributed by atoms with E-state index in [-0.39, 0.29) is 5.38 Å². The summed E-state index contributed by atoms with van der Waals surface area (Å²) in [6.45, 7) is 0. The van der Waals surface area contributed by atoms with E-state index in [0.29, 0.717) is 5.92 Å². The standard InChI is InChI=1S/C15H14ClN/c16-15(9-11-5-7-17-8-6-11)14-10-12-3-1-2-4-13(12)14/h1-8,14-15H,9-10H2. The van der Waals surface area contributed by atoms with E-state index >= 15 is 0 Å². The molecule has 1 heterocycles. The first kappa shape index (κ1) is 10.8. The number of hydrogen-bond acceptors (Lipinski definition) is 1. The Bertz CT molecular complexity index is 509. The normalized spacial score (nSPS) is 19.2. The second-order valence-corrected chi connectivity index (χ2v) is 5.15. The van der Waals surface area contributed by atoms with Crippen LogP contribution in [0.25, 0.3) is 0 Å². The predicted octanol–water partition coefficient (Wildman–Crippen LogP) is 3.57. The minimum Gasteiger partial charge on any atom is -0.265 e. The molecule has 0 fully saturated rings. The number of nitrogens with zero attached hydrogens (tertiary/aromatic N) is 1. The van der Waals surface area contributed by atoms with E-state index in [0.717, 1.165) is 12.8 Å². The zero-order chi connectivity index (χ0) is 11.7. The Morgan fingerprint density at radius 3 is 2.71 bits per heavy atom. The quantitative estimate of drug-likeness (QED) is 0.751.